The first-order chi connectivity index (χ1) is 11.3. The molecule has 1 N–H and O–H groups in total. The molecule has 0 fully saturated rings. The van der Waals surface area contributed by atoms with Crippen LogP contribution in [0.5, 0.6) is 0 Å². The quantitative estimate of drug-likeness (QED) is 0.829. The molecule has 2 aromatic carbocycles. The molecular weight excluding hydrogens is 346 g/mol. The third-order valence-electron chi connectivity index (χ3n) is 3.46. The van der Waals surface area contributed by atoms with Crippen LogP contribution in [0.4, 0.5) is 5.69 Å². The smallest absolute Gasteiger partial charge is 0.225 e. The molecule has 4 nitrogen and oxygen atoms in total. The number of anilines is 1. The zero-order valence-electron chi connectivity index (χ0n) is 13.0. The zero-order valence-corrected chi connectivity index (χ0v) is 14.6. The van der Waals surface area contributed by atoms with E-state index in [-0.39, 0.29) is 11.3 Å². The summed E-state index contributed by atoms with van der Waals surface area (Å²) in [5, 5.41) is 2.25. The van der Waals surface area contributed by atoms with Crippen LogP contribution in [-0.2, 0) is 14.6 Å². The van der Waals surface area contributed by atoms with E-state index in [2.05, 4.69) is 11.2 Å². The van der Waals surface area contributed by atoms with Crippen molar-refractivity contribution < 1.29 is 13.2 Å². The Kier molecular flexibility index (Phi) is 5.66. The first kappa shape index (κ1) is 18.1. The number of carbonyl (C=O) groups excluding carboxylic acids is 1. The van der Waals surface area contributed by atoms with Crippen LogP contribution in [0.3, 0.4) is 0 Å². The van der Waals surface area contributed by atoms with Gasteiger partial charge in [0.05, 0.1) is 10.1 Å². The van der Waals surface area contributed by atoms with E-state index in [0.717, 1.165) is 0 Å². The largest absolute Gasteiger partial charge is 0.326 e. The predicted molar refractivity (Wildman–Crippen MR) is 95.7 cm³/mol. The third-order valence-corrected chi connectivity index (χ3v) is 5.87. The Morgan fingerprint density at radius 2 is 1.92 bits per heavy atom. The molecule has 0 spiro atoms. The first-order valence-corrected chi connectivity index (χ1v) is 9.11. The highest BCUT2D eigenvalue weighted by atomic mass is 35.5. The van der Waals surface area contributed by atoms with Gasteiger partial charge in [0.2, 0.25) is 5.91 Å². The minimum atomic E-state index is -3.61. The number of carbonyl (C=O) groups is 1. The molecule has 0 aromatic heterocycles. The second kappa shape index (κ2) is 7.52. The SMILES string of the molecule is C#Cc1cccc(NC(=O)C[C@H](C)S(=O)(=O)c2ccc(Cl)cc2)c1. The standard InChI is InChI=1S/C18H16ClNO3S/c1-3-14-5-4-6-16(12-14)20-18(21)11-13(2)24(22,23)17-9-7-15(19)8-10-17/h1,4-10,12-13H,11H2,2H3,(H,20,21)/t13-/m0/s1. The summed E-state index contributed by atoms with van der Waals surface area (Å²) in [5.74, 6) is 2.08. The van der Waals surface area contributed by atoms with Crippen LogP contribution < -0.4 is 5.32 Å². The van der Waals surface area contributed by atoms with E-state index in [1.165, 1.54) is 31.2 Å². The van der Waals surface area contributed by atoms with Crippen molar-refractivity contribution in [2.45, 2.75) is 23.5 Å². The van der Waals surface area contributed by atoms with Gasteiger partial charge in [0.1, 0.15) is 0 Å². The molecule has 0 heterocycles. The van der Waals surface area contributed by atoms with Crippen molar-refractivity contribution in [1.82, 2.24) is 0 Å². The second-order valence-electron chi connectivity index (χ2n) is 5.29. The molecule has 0 unspecified atom stereocenters. The summed E-state index contributed by atoms with van der Waals surface area (Å²) in [4.78, 5) is 12.2. The lowest BCUT2D eigenvalue weighted by Gasteiger charge is -2.13. The van der Waals surface area contributed by atoms with Gasteiger partial charge >= 0.3 is 0 Å². The van der Waals surface area contributed by atoms with Crippen LogP contribution in [0.15, 0.2) is 53.4 Å². The zero-order chi connectivity index (χ0) is 17.7. The fourth-order valence-corrected chi connectivity index (χ4v) is 3.60. The van der Waals surface area contributed by atoms with Gasteiger partial charge in [-0.3, -0.25) is 4.79 Å². The molecular formula is C18H16ClNO3S. The number of rotatable bonds is 5. The second-order valence-corrected chi connectivity index (χ2v) is 8.09. The Morgan fingerprint density at radius 3 is 2.54 bits per heavy atom. The number of hydrogen-bond donors (Lipinski definition) is 1. The van der Waals surface area contributed by atoms with E-state index < -0.39 is 21.0 Å². The van der Waals surface area contributed by atoms with Crippen LogP contribution in [0.25, 0.3) is 0 Å². The van der Waals surface area contributed by atoms with E-state index >= 15 is 0 Å². The summed E-state index contributed by atoms with van der Waals surface area (Å²) < 4.78 is 25.0. The van der Waals surface area contributed by atoms with Gasteiger partial charge < -0.3 is 5.32 Å². The van der Waals surface area contributed by atoms with E-state index in [0.29, 0.717) is 16.3 Å². The van der Waals surface area contributed by atoms with E-state index in [1.807, 2.05) is 0 Å². The van der Waals surface area contributed by atoms with Gasteiger partial charge in [0.15, 0.2) is 9.84 Å². The lowest BCUT2D eigenvalue weighted by atomic mass is 10.2. The topological polar surface area (TPSA) is 63.2 Å². The normalized spacial score (nSPS) is 12.2. The minimum Gasteiger partial charge on any atom is -0.326 e. The molecule has 1 amide bonds. The number of sulfone groups is 1. The molecule has 0 bridgehead atoms. The third kappa shape index (κ3) is 4.38. The van der Waals surface area contributed by atoms with Crippen molar-refractivity contribution in [1.29, 1.82) is 0 Å². The van der Waals surface area contributed by atoms with Crippen LogP contribution >= 0.6 is 11.6 Å². The molecule has 0 radical (unpaired) electrons. The monoisotopic (exact) mass is 361 g/mol. The fraction of sp³-hybridized carbons (Fsp3) is 0.167. The van der Waals surface area contributed by atoms with Gasteiger partial charge in [-0.25, -0.2) is 8.42 Å². The number of hydrogen-bond acceptors (Lipinski definition) is 3. The summed E-state index contributed by atoms with van der Waals surface area (Å²) in [7, 11) is -3.61. The maximum absolute atomic E-state index is 12.5. The van der Waals surface area contributed by atoms with Gasteiger partial charge in [-0.05, 0) is 49.4 Å². The van der Waals surface area contributed by atoms with Crippen LogP contribution in [-0.4, -0.2) is 19.6 Å². The molecule has 0 aliphatic carbocycles. The number of benzene rings is 2. The van der Waals surface area contributed by atoms with Crippen LogP contribution in [0.1, 0.15) is 18.9 Å². The average Bonchev–Trinajstić information content (AvgIpc) is 2.55. The summed E-state index contributed by atoms with van der Waals surface area (Å²) in [6.07, 6.45) is 5.15. The molecule has 2 aromatic rings. The maximum atomic E-state index is 12.5. The Balaban J connectivity index is 2.07. The van der Waals surface area contributed by atoms with Crippen LogP contribution in [0.2, 0.25) is 5.02 Å². The predicted octanol–water partition coefficient (Wildman–Crippen LogP) is 3.51. The van der Waals surface area contributed by atoms with E-state index in [9.17, 15) is 13.2 Å². The van der Waals surface area contributed by atoms with Gasteiger partial charge in [0, 0.05) is 22.7 Å². The lowest BCUT2D eigenvalue weighted by molar-refractivity contribution is -0.116. The summed E-state index contributed by atoms with van der Waals surface area (Å²) in [5.41, 5.74) is 1.17. The first-order valence-electron chi connectivity index (χ1n) is 7.19. The summed E-state index contributed by atoms with van der Waals surface area (Å²) >= 11 is 5.77. The highest BCUT2D eigenvalue weighted by Gasteiger charge is 2.25. The molecule has 1 atom stereocenters. The fourth-order valence-electron chi connectivity index (χ4n) is 2.13. The molecule has 6 heteroatoms. The van der Waals surface area contributed by atoms with Gasteiger partial charge in [-0.1, -0.05) is 23.6 Å². The average molecular weight is 362 g/mol. The molecule has 0 saturated carbocycles. The number of nitrogens with one attached hydrogen (secondary N) is 1. The number of amides is 1. The van der Waals surface area contributed by atoms with Gasteiger partial charge in [-0.15, -0.1) is 6.42 Å². The van der Waals surface area contributed by atoms with Crippen molar-refractivity contribution in [3.63, 3.8) is 0 Å². The summed E-state index contributed by atoms with van der Waals surface area (Å²) in [6, 6.07) is 12.7. The lowest BCUT2D eigenvalue weighted by Crippen LogP contribution is -2.25. The molecule has 124 valence electrons. The Hall–Kier alpha value is -2.29. The van der Waals surface area contributed by atoms with Crippen molar-refractivity contribution in [3.05, 3.63) is 59.1 Å². The maximum Gasteiger partial charge on any atom is 0.225 e. The highest BCUT2D eigenvalue weighted by molar-refractivity contribution is 7.92. The molecule has 24 heavy (non-hydrogen) atoms. The number of terminal acetylenes is 1. The molecule has 0 aliphatic rings. The Labute approximate surface area is 146 Å². The Bertz CT molecular complexity index is 883. The van der Waals surface area contributed by atoms with E-state index in [4.69, 9.17) is 18.0 Å². The summed E-state index contributed by atoms with van der Waals surface area (Å²) in [6.45, 7) is 1.50. The van der Waals surface area contributed by atoms with Crippen molar-refractivity contribution in [2.75, 3.05) is 5.32 Å². The molecule has 0 saturated heterocycles. The molecule has 0 aliphatic heterocycles. The van der Waals surface area contributed by atoms with Crippen LogP contribution in [0, 0.1) is 12.3 Å². The highest BCUT2D eigenvalue weighted by Crippen LogP contribution is 2.21. The van der Waals surface area contributed by atoms with Crippen molar-refractivity contribution in [3.8, 4) is 12.3 Å². The molecule has 2 rings (SSSR count). The van der Waals surface area contributed by atoms with E-state index in [1.54, 1.807) is 24.3 Å². The minimum absolute atomic E-state index is 0.140. The Morgan fingerprint density at radius 1 is 1.25 bits per heavy atom. The number of halogens is 1. The van der Waals surface area contributed by atoms with Gasteiger partial charge in [0.25, 0.3) is 0 Å². The van der Waals surface area contributed by atoms with Crippen molar-refractivity contribution >= 4 is 33.0 Å². The van der Waals surface area contributed by atoms with Crippen molar-refractivity contribution in [2.24, 2.45) is 0 Å². The van der Waals surface area contributed by atoms with Gasteiger partial charge in [-0.2, -0.15) is 0 Å².